The van der Waals surface area contributed by atoms with Gasteiger partial charge in [0.2, 0.25) is 0 Å². The number of epoxide rings is 1. The molecule has 20 aromatic rings. The molecule has 0 spiro atoms. The molecule has 0 aliphatic carbocycles. The number of aromatic nitrogens is 10. The van der Waals surface area contributed by atoms with Crippen molar-refractivity contribution in [2.24, 2.45) is 0 Å². The van der Waals surface area contributed by atoms with E-state index in [1.807, 2.05) is 213 Å². The van der Waals surface area contributed by atoms with Crippen molar-refractivity contribution < 1.29 is 64.5 Å². The van der Waals surface area contributed by atoms with Gasteiger partial charge in [-0.1, -0.05) is 194 Å². The minimum absolute atomic E-state index is 0.241. The smallest absolute Gasteiger partial charge is 0.185 e. The normalized spacial score (nSPS) is 12.1. The standard InChI is InChI=1S/C22H20N2O3.C21H20N2O3.C20H13N3O2.C20H16N2O3.C19H13FN2O2/c1-2-6-16(7-3-1)12-24-20-9-5-4-8-19(20)22(23-24)21-11-10-17(27-21)13-25-14-18-15-26-18;1-24-15-25-14-17-11-12-20(26-17)21-18-9-5-6-10-19(18)23(22-21)13-16-7-3-2-4-8-16;21-11-14-5-7-15(8-6-14)12-23-18-4-2-1-3-17(18)20(22-23)19-10-9-16(13-24)25-19;1-24-15-6-4-5-14(11-15)12-22-18-8-3-2-7-17(18)20(21-22)19-10-9-16(13-23)25-19;20-16-7-3-1-5-13(16)11-22-17-8-4-2-6-15(17)19(21-22)18-10-9-14(12-23)24-18/h1-11,18H,12-15H2;2-12H,13-15H2,1H3;1-10,13H,12H2;2-11,13H,12H2,1H3;1-10,12H,11H2. The van der Waals surface area contributed by atoms with Crippen molar-refractivity contribution in [1.29, 1.82) is 5.26 Å². The fourth-order valence-corrected chi connectivity index (χ4v) is 14.7. The summed E-state index contributed by atoms with van der Waals surface area (Å²) in [5.41, 5.74) is 14.6. The van der Waals surface area contributed by atoms with Crippen molar-refractivity contribution in [3.8, 4) is 69.1 Å². The molecule has 630 valence electrons. The molecule has 127 heavy (non-hydrogen) atoms. The van der Waals surface area contributed by atoms with Crippen LogP contribution in [0.1, 0.15) is 76.6 Å². The third-order valence-corrected chi connectivity index (χ3v) is 20.9. The zero-order valence-electron chi connectivity index (χ0n) is 69.0. The summed E-state index contributed by atoms with van der Waals surface area (Å²) in [5, 5.41) is 37.6. The minimum atomic E-state index is -0.264. The van der Waals surface area contributed by atoms with Gasteiger partial charge >= 0.3 is 0 Å². The lowest BCUT2D eigenvalue weighted by Gasteiger charge is -2.06. The molecule has 0 N–H and O–H groups in total. The molecule has 24 nitrogen and oxygen atoms in total. The Hall–Kier alpha value is -16.0. The quantitative estimate of drug-likeness (QED) is 0.0200. The van der Waals surface area contributed by atoms with Crippen molar-refractivity contribution in [3.05, 3.63) is 383 Å². The molecule has 21 rings (SSSR count). The van der Waals surface area contributed by atoms with E-state index >= 15 is 0 Å². The molecule has 1 saturated heterocycles. The van der Waals surface area contributed by atoms with Gasteiger partial charge in [0.1, 0.15) is 77.7 Å². The first kappa shape index (κ1) is 83.3. The third kappa shape index (κ3) is 19.7. The van der Waals surface area contributed by atoms with E-state index in [0.717, 1.165) is 125 Å². The number of nitrogens with zero attached hydrogens (tertiary/aromatic N) is 11. The molecule has 11 heterocycles. The van der Waals surface area contributed by atoms with Gasteiger partial charge in [-0.25, -0.2) is 4.39 Å². The Morgan fingerprint density at radius 1 is 0.378 bits per heavy atom. The number of nitriles is 1. The van der Waals surface area contributed by atoms with Crippen molar-refractivity contribution in [3.63, 3.8) is 0 Å². The minimum Gasteiger partial charge on any atom is -0.497 e. The van der Waals surface area contributed by atoms with E-state index in [9.17, 15) is 18.8 Å². The van der Waals surface area contributed by atoms with E-state index in [1.165, 1.54) is 17.2 Å². The number of aldehydes is 3. The van der Waals surface area contributed by atoms with Gasteiger partial charge in [0.15, 0.2) is 64.9 Å². The molecule has 25 heteroatoms. The number of carbonyl (C=O) groups is 3. The summed E-state index contributed by atoms with van der Waals surface area (Å²) in [4.78, 5) is 32.6. The molecule has 1 atom stereocenters. The molecular formula is C102H82FN11O13. The predicted molar refractivity (Wildman–Crippen MR) is 478 cm³/mol. The molecule has 10 aromatic carbocycles. The van der Waals surface area contributed by atoms with Gasteiger partial charge in [-0.2, -0.15) is 30.8 Å². The van der Waals surface area contributed by atoms with Crippen LogP contribution in [0.15, 0.2) is 338 Å². The average Bonchev–Trinajstić information content (AvgIpc) is 1.65. The Balaban J connectivity index is 0.000000112. The zero-order valence-corrected chi connectivity index (χ0v) is 69.0. The highest BCUT2D eigenvalue weighted by atomic mass is 19.1. The maximum absolute atomic E-state index is 14.0. The molecule has 0 bridgehead atoms. The van der Waals surface area contributed by atoms with Gasteiger partial charge in [-0.05, 0) is 144 Å². The van der Waals surface area contributed by atoms with Crippen LogP contribution in [0.25, 0.3) is 112 Å². The van der Waals surface area contributed by atoms with Crippen LogP contribution < -0.4 is 4.74 Å². The number of carbonyl (C=O) groups excluding carboxylic acids is 3. The highest BCUT2D eigenvalue weighted by Crippen LogP contribution is 2.37. The van der Waals surface area contributed by atoms with Crippen LogP contribution in [0.3, 0.4) is 0 Å². The second-order valence-corrected chi connectivity index (χ2v) is 29.6. The lowest BCUT2D eigenvalue weighted by atomic mass is 10.1. The first-order valence-corrected chi connectivity index (χ1v) is 40.9. The van der Waals surface area contributed by atoms with Gasteiger partial charge in [-0.15, -0.1) is 0 Å². The summed E-state index contributed by atoms with van der Waals surface area (Å²) in [6, 6.07) is 103. The molecule has 10 aromatic heterocycles. The number of para-hydroxylation sites is 5. The molecular weight excluding hydrogens is 1610 g/mol. The lowest BCUT2D eigenvalue weighted by molar-refractivity contribution is -0.0439. The number of furan rings is 5. The Bertz CT molecular complexity index is 7200. The maximum atomic E-state index is 14.0. The third-order valence-electron chi connectivity index (χ3n) is 20.9. The summed E-state index contributed by atoms with van der Waals surface area (Å²) in [5.74, 6) is 6.09. The summed E-state index contributed by atoms with van der Waals surface area (Å²) in [6.45, 7) is 5.41. The number of hydrogen-bond donors (Lipinski definition) is 0. The van der Waals surface area contributed by atoms with Crippen LogP contribution in [-0.4, -0.2) is 108 Å². The van der Waals surface area contributed by atoms with Crippen LogP contribution in [0.2, 0.25) is 0 Å². The number of fused-ring (bicyclic) bond motifs is 5. The van der Waals surface area contributed by atoms with Crippen molar-refractivity contribution in [1.82, 2.24) is 48.9 Å². The van der Waals surface area contributed by atoms with Gasteiger partial charge in [0, 0.05) is 39.6 Å². The number of halogens is 1. The summed E-state index contributed by atoms with van der Waals surface area (Å²) in [6.07, 6.45) is 2.29. The van der Waals surface area contributed by atoms with Gasteiger partial charge < -0.3 is 45.8 Å². The average molecular weight is 1690 g/mol. The number of hydrogen-bond acceptors (Lipinski definition) is 19. The van der Waals surface area contributed by atoms with Crippen molar-refractivity contribution in [2.45, 2.75) is 52.0 Å². The van der Waals surface area contributed by atoms with Crippen LogP contribution in [0.5, 0.6) is 5.75 Å². The van der Waals surface area contributed by atoms with Crippen molar-refractivity contribution in [2.75, 3.05) is 34.2 Å². The SMILES string of the molecule is COCOCc1ccc(-c2nn(Cc3ccccc3)c3ccccc23)o1.COc1cccc(Cn2nc(-c3ccc(C=O)o3)c3ccccc32)c1.N#Cc1ccc(Cn2nc(-c3ccc(C=O)o3)c3ccccc32)cc1.O=Cc1ccc(-c2nn(Cc3ccccc3F)c3ccccc23)o1.c1ccc(Cn2nc(-c3ccc(COCC4CO4)o3)c3ccccc32)cc1. The molecule has 0 saturated carbocycles. The monoisotopic (exact) mass is 1690 g/mol. The maximum Gasteiger partial charge on any atom is 0.185 e. The molecule has 1 unspecified atom stereocenters. The molecule has 1 aliphatic heterocycles. The summed E-state index contributed by atoms with van der Waals surface area (Å²) in [7, 11) is 3.25. The fraction of sp³-hybridized carbons (Fsp3) is 0.127. The molecule has 0 amide bonds. The summed E-state index contributed by atoms with van der Waals surface area (Å²) < 4.78 is 78.4. The number of rotatable bonds is 27. The largest absolute Gasteiger partial charge is 0.497 e. The first-order chi connectivity index (χ1) is 62.5. The second-order valence-electron chi connectivity index (χ2n) is 29.6. The topological polar surface area (TPSA) is 279 Å². The Labute approximate surface area is 726 Å². The van der Waals surface area contributed by atoms with E-state index in [2.05, 4.69) is 64.8 Å². The second kappa shape index (κ2) is 39.5. The van der Waals surface area contributed by atoms with Gasteiger partial charge in [0.05, 0.1) is 92.3 Å². The van der Waals surface area contributed by atoms with E-state index < -0.39 is 0 Å². The molecule has 0 radical (unpaired) electrons. The Morgan fingerprint density at radius 2 is 0.724 bits per heavy atom. The highest BCUT2D eigenvalue weighted by molar-refractivity contribution is 5.96. The Morgan fingerprint density at radius 3 is 1.10 bits per heavy atom. The van der Waals surface area contributed by atoms with Crippen molar-refractivity contribution >= 4 is 73.4 Å². The van der Waals surface area contributed by atoms with Crippen LogP contribution in [0, 0.1) is 17.1 Å². The summed E-state index contributed by atoms with van der Waals surface area (Å²) >= 11 is 0. The molecule has 1 fully saturated rings. The first-order valence-electron chi connectivity index (χ1n) is 40.9. The Kier molecular flexibility index (Phi) is 25.9. The molecule has 1 aliphatic rings. The fourth-order valence-electron chi connectivity index (χ4n) is 14.7. The van der Waals surface area contributed by atoms with E-state index in [-0.39, 0.29) is 30.2 Å². The highest BCUT2D eigenvalue weighted by Gasteiger charge is 2.25. The number of benzene rings is 10. The zero-order chi connectivity index (χ0) is 86.8. The van der Waals surface area contributed by atoms with E-state index in [0.29, 0.717) is 110 Å². The number of methoxy groups -OCH3 is 2. The van der Waals surface area contributed by atoms with Gasteiger partial charge in [-0.3, -0.25) is 37.8 Å². The van der Waals surface area contributed by atoms with E-state index in [1.54, 1.807) is 85.6 Å². The van der Waals surface area contributed by atoms with Crippen LogP contribution in [-0.2, 0) is 64.9 Å². The van der Waals surface area contributed by atoms with Crippen LogP contribution in [0.4, 0.5) is 4.39 Å². The number of ether oxygens (including phenoxy) is 5. The van der Waals surface area contributed by atoms with Gasteiger partial charge in [0.25, 0.3) is 0 Å². The van der Waals surface area contributed by atoms with Crippen LogP contribution >= 0.6 is 0 Å². The predicted octanol–water partition coefficient (Wildman–Crippen LogP) is 21.2. The lowest BCUT2D eigenvalue weighted by Crippen LogP contribution is -2.03. The van der Waals surface area contributed by atoms with E-state index in [4.69, 9.17) is 66.3 Å².